The number of halogens is 3. The topological polar surface area (TPSA) is 58.0 Å². The normalized spacial score (nSPS) is 12.2. The van der Waals surface area contributed by atoms with Gasteiger partial charge in [-0.15, -0.1) is 0 Å². The fourth-order valence-electron chi connectivity index (χ4n) is 1.63. The van der Waals surface area contributed by atoms with Crippen molar-refractivity contribution < 1.29 is 13.9 Å². The zero-order valence-electron chi connectivity index (χ0n) is 11.7. The zero-order chi connectivity index (χ0) is 16.1. The lowest BCUT2D eigenvalue weighted by atomic mass is 10.2. The second-order valence-corrected chi connectivity index (χ2v) is 5.91. The first-order valence-electron chi connectivity index (χ1n) is 6.47. The SMILES string of the molecule is C[C@H](CO)Nc1ccnc(SCc2c(F)ccc(Cl)c2F)n1. The van der Waals surface area contributed by atoms with Crippen molar-refractivity contribution in [3.63, 3.8) is 0 Å². The number of anilines is 1. The summed E-state index contributed by atoms with van der Waals surface area (Å²) in [5.41, 5.74) is -0.108. The Bertz CT molecular complexity index is 660. The molecule has 1 aromatic carbocycles. The van der Waals surface area contributed by atoms with E-state index in [1.165, 1.54) is 12.3 Å². The molecule has 0 aliphatic heterocycles. The summed E-state index contributed by atoms with van der Waals surface area (Å²) in [5, 5.41) is 12.2. The molecule has 0 saturated carbocycles. The molecule has 0 aliphatic rings. The predicted molar refractivity (Wildman–Crippen MR) is 83.1 cm³/mol. The van der Waals surface area contributed by atoms with Crippen LogP contribution in [0.4, 0.5) is 14.6 Å². The minimum atomic E-state index is -0.766. The number of aliphatic hydroxyl groups is 1. The maximum Gasteiger partial charge on any atom is 0.189 e. The van der Waals surface area contributed by atoms with Gasteiger partial charge in [-0.2, -0.15) is 0 Å². The van der Waals surface area contributed by atoms with E-state index in [0.717, 1.165) is 17.8 Å². The summed E-state index contributed by atoms with van der Waals surface area (Å²) in [7, 11) is 0. The van der Waals surface area contributed by atoms with E-state index < -0.39 is 11.6 Å². The van der Waals surface area contributed by atoms with Crippen LogP contribution in [0.25, 0.3) is 0 Å². The van der Waals surface area contributed by atoms with E-state index in [4.69, 9.17) is 16.7 Å². The molecule has 0 unspecified atom stereocenters. The molecule has 0 saturated heterocycles. The highest BCUT2D eigenvalue weighted by atomic mass is 35.5. The smallest absolute Gasteiger partial charge is 0.189 e. The van der Waals surface area contributed by atoms with Crippen LogP contribution in [0.2, 0.25) is 5.02 Å². The summed E-state index contributed by atoms with van der Waals surface area (Å²) >= 11 is 6.75. The molecule has 0 bridgehead atoms. The third-order valence-corrected chi connectivity index (χ3v) is 3.97. The highest BCUT2D eigenvalue weighted by molar-refractivity contribution is 7.98. The monoisotopic (exact) mass is 345 g/mol. The van der Waals surface area contributed by atoms with Crippen molar-refractivity contribution in [3.05, 3.63) is 46.6 Å². The maximum absolute atomic E-state index is 13.8. The lowest BCUT2D eigenvalue weighted by molar-refractivity contribution is 0.281. The second-order valence-electron chi connectivity index (χ2n) is 4.56. The van der Waals surface area contributed by atoms with E-state index in [2.05, 4.69) is 15.3 Å². The van der Waals surface area contributed by atoms with Gasteiger partial charge in [0.2, 0.25) is 0 Å². The Morgan fingerprint density at radius 1 is 1.36 bits per heavy atom. The highest BCUT2D eigenvalue weighted by Gasteiger charge is 2.14. The first-order valence-corrected chi connectivity index (χ1v) is 7.83. The molecule has 1 atom stereocenters. The number of aromatic nitrogens is 2. The van der Waals surface area contributed by atoms with Gasteiger partial charge in [0.25, 0.3) is 0 Å². The Labute approximate surface area is 135 Å². The Balaban J connectivity index is 2.09. The average molecular weight is 346 g/mol. The fourth-order valence-corrected chi connectivity index (χ4v) is 2.64. The molecule has 0 aliphatic carbocycles. The van der Waals surface area contributed by atoms with Gasteiger partial charge in [0.1, 0.15) is 17.5 Å². The summed E-state index contributed by atoms with van der Waals surface area (Å²) in [6.45, 7) is 1.76. The third kappa shape index (κ3) is 4.28. The molecule has 8 heteroatoms. The number of nitrogens with one attached hydrogen (secondary N) is 1. The molecule has 2 rings (SSSR count). The molecule has 0 amide bonds. The number of rotatable bonds is 6. The summed E-state index contributed by atoms with van der Waals surface area (Å²) in [6, 6.07) is 3.80. The molecular formula is C14H14ClF2N3OS. The van der Waals surface area contributed by atoms with Crippen molar-refractivity contribution in [3.8, 4) is 0 Å². The Kier molecular flexibility index (Phi) is 5.93. The van der Waals surface area contributed by atoms with E-state index in [-0.39, 0.29) is 29.0 Å². The van der Waals surface area contributed by atoms with Crippen LogP contribution in [0.15, 0.2) is 29.6 Å². The lowest BCUT2D eigenvalue weighted by Crippen LogP contribution is -2.20. The van der Waals surface area contributed by atoms with Crippen LogP contribution < -0.4 is 5.32 Å². The van der Waals surface area contributed by atoms with Crippen LogP contribution >= 0.6 is 23.4 Å². The van der Waals surface area contributed by atoms with Crippen LogP contribution in [0.5, 0.6) is 0 Å². The number of nitrogens with zero attached hydrogens (tertiary/aromatic N) is 2. The van der Waals surface area contributed by atoms with Gasteiger partial charge in [0.05, 0.1) is 11.6 Å². The van der Waals surface area contributed by atoms with Gasteiger partial charge in [-0.1, -0.05) is 23.4 Å². The summed E-state index contributed by atoms with van der Waals surface area (Å²) in [4.78, 5) is 8.25. The fraction of sp³-hybridized carbons (Fsp3) is 0.286. The van der Waals surface area contributed by atoms with Gasteiger partial charge < -0.3 is 10.4 Å². The van der Waals surface area contributed by atoms with Crippen molar-refractivity contribution in [2.75, 3.05) is 11.9 Å². The van der Waals surface area contributed by atoms with E-state index in [1.54, 1.807) is 13.0 Å². The molecule has 4 nitrogen and oxygen atoms in total. The number of hydrogen-bond acceptors (Lipinski definition) is 5. The molecule has 2 aromatic rings. The molecule has 1 aromatic heterocycles. The number of benzene rings is 1. The first-order chi connectivity index (χ1) is 10.5. The summed E-state index contributed by atoms with van der Waals surface area (Å²) in [6.07, 6.45) is 1.53. The zero-order valence-corrected chi connectivity index (χ0v) is 13.3. The van der Waals surface area contributed by atoms with Crippen LogP contribution in [0, 0.1) is 11.6 Å². The van der Waals surface area contributed by atoms with Crippen molar-refractivity contribution in [1.82, 2.24) is 9.97 Å². The highest BCUT2D eigenvalue weighted by Crippen LogP contribution is 2.27. The second kappa shape index (κ2) is 7.71. The van der Waals surface area contributed by atoms with Crippen molar-refractivity contribution in [1.29, 1.82) is 0 Å². The van der Waals surface area contributed by atoms with Crippen molar-refractivity contribution in [2.45, 2.75) is 23.9 Å². The van der Waals surface area contributed by atoms with Gasteiger partial charge in [-0.25, -0.2) is 18.7 Å². The first kappa shape index (κ1) is 16.9. The van der Waals surface area contributed by atoms with E-state index in [1.807, 2.05) is 0 Å². The number of aliphatic hydroxyl groups excluding tert-OH is 1. The van der Waals surface area contributed by atoms with Crippen LogP contribution in [-0.4, -0.2) is 27.7 Å². The van der Waals surface area contributed by atoms with Gasteiger partial charge in [0.15, 0.2) is 5.16 Å². The Morgan fingerprint density at radius 3 is 2.86 bits per heavy atom. The van der Waals surface area contributed by atoms with E-state index in [9.17, 15) is 8.78 Å². The molecule has 0 fully saturated rings. The minimum absolute atomic E-state index is 0.0250. The Morgan fingerprint density at radius 2 is 2.14 bits per heavy atom. The molecule has 0 spiro atoms. The van der Waals surface area contributed by atoms with E-state index >= 15 is 0 Å². The third-order valence-electron chi connectivity index (χ3n) is 2.79. The van der Waals surface area contributed by atoms with Gasteiger partial charge in [-0.3, -0.25) is 0 Å². The average Bonchev–Trinajstić information content (AvgIpc) is 2.51. The quantitative estimate of drug-likeness (QED) is 0.477. The number of thioether (sulfide) groups is 1. The molecule has 22 heavy (non-hydrogen) atoms. The predicted octanol–water partition coefficient (Wildman–Crippen LogP) is 3.49. The standard InChI is InChI=1S/C14H14ClF2N3OS/c1-8(6-21)19-12-4-5-18-14(20-12)22-7-9-11(16)3-2-10(15)13(9)17/h2-5,8,21H,6-7H2,1H3,(H,18,19,20)/t8-/m1/s1. The largest absolute Gasteiger partial charge is 0.394 e. The molecule has 118 valence electrons. The van der Waals surface area contributed by atoms with Crippen LogP contribution in [0.1, 0.15) is 12.5 Å². The summed E-state index contributed by atoms with van der Waals surface area (Å²) in [5.74, 6) is -0.863. The maximum atomic E-state index is 13.8. The van der Waals surface area contributed by atoms with Crippen molar-refractivity contribution in [2.24, 2.45) is 0 Å². The van der Waals surface area contributed by atoms with Gasteiger partial charge >= 0.3 is 0 Å². The lowest BCUT2D eigenvalue weighted by Gasteiger charge is -2.11. The van der Waals surface area contributed by atoms with Gasteiger partial charge in [-0.05, 0) is 25.1 Å². The van der Waals surface area contributed by atoms with Crippen LogP contribution in [-0.2, 0) is 5.75 Å². The van der Waals surface area contributed by atoms with Crippen LogP contribution in [0.3, 0.4) is 0 Å². The Hall–Kier alpha value is -1.44. The van der Waals surface area contributed by atoms with E-state index in [0.29, 0.717) is 11.0 Å². The molecule has 2 N–H and O–H groups in total. The molecule has 0 radical (unpaired) electrons. The minimum Gasteiger partial charge on any atom is -0.394 e. The van der Waals surface area contributed by atoms with Gasteiger partial charge in [0, 0.05) is 23.6 Å². The number of hydrogen-bond donors (Lipinski definition) is 2. The van der Waals surface area contributed by atoms with Crippen molar-refractivity contribution >= 4 is 29.2 Å². The molecular weight excluding hydrogens is 332 g/mol. The molecule has 1 heterocycles. The summed E-state index contributed by atoms with van der Waals surface area (Å²) < 4.78 is 27.4.